The molecule has 0 fully saturated rings. The van der Waals surface area contributed by atoms with E-state index in [0.717, 1.165) is 20.6 Å². The first-order chi connectivity index (χ1) is 14.0. The van der Waals surface area contributed by atoms with Gasteiger partial charge in [-0.1, -0.05) is 12.1 Å². The average Bonchev–Trinajstić information content (AvgIpc) is 3.35. The number of H-pyrrole nitrogens is 1. The monoisotopic (exact) mass is 411 g/mol. The minimum atomic E-state index is -0.150. The van der Waals surface area contributed by atoms with Gasteiger partial charge in [-0.05, 0) is 18.2 Å². The molecule has 2 heterocycles. The fourth-order valence-corrected chi connectivity index (χ4v) is 4.34. The highest BCUT2D eigenvalue weighted by atomic mass is 32.1. The molecule has 4 aromatic rings. The van der Waals surface area contributed by atoms with Gasteiger partial charge in [-0.25, -0.2) is 4.98 Å². The number of rotatable bonds is 6. The third-order valence-corrected chi connectivity index (χ3v) is 5.75. The number of carbonyl (C=O) groups excluding carboxylic acids is 1. The number of nitrogens with one attached hydrogen (secondary N) is 1. The molecular formula is C21H21N3O4S. The van der Waals surface area contributed by atoms with Crippen LogP contribution < -0.4 is 14.2 Å². The summed E-state index contributed by atoms with van der Waals surface area (Å²) in [5, 5.41) is 1.64. The van der Waals surface area contributed by atoms with Crippen molar-refractivity contribution in [3.8, 4) is 17.2 Å². The Morgan fingerprint density at radius 3 is 2.55 bits per heavy atom. The second kappa shape index (κ2) is 7.63. The smallest absolute Gasteiger partial charge is 0.270 e. The van der Waals surface area contributed by atoms with E-state index >= 15 is 0 Å². The Morgan fingerprint density at radius 2 is 1.86 bits per heavy atom. The molecule has 0 aliphatic rings. The SMILES string of the molecule is COc1cc(OC)c2cc(C(=O)N(C)Cc3nc4ccccc4s3)[nH]c2c1OC. The number of aromatic nitrogens is 2. The summed E-state index contributed by atoms with van der Waals surface area (Å²) < 4.78 is 17.4. The second-order valence-corrected chi connectivity index (χ2v) is 7.64. The molecular weight excluding hydrogens is 390 g/mol. The van der Waals surface area contributed by atoms with Crippen LogP contribution in [0.4, 0.5) is 0 Å². The lowest BCUT2D eigenvalue weighted by molar-refractivity contribution is 0.0780. The molecule has 2 aromatic heterocycles. The number of fused-ring (bicyclic) bond motifs is 2. The number of aromatic amines is 1. The molecule has 0 aliphatic heterocycles. The Balaban J connectivity index is 1.66. The van der Waals surface area contributed by atoms with Crippen LogP contribution in [0.25, 0.3) is 21.1 Å². The van der Waals surface area contributed by atoms with Crippen LogP contribution in [-0.4, -0.2) is 49.2 Å². The van der Waals surface area contributed by atoms with Crippen molar-refractivity contribution in [1.29, 1.82) is 0 Å². The zero-order valence-electron chi connectivity index (χ0n) is 16.6. The van der Waals surface area contributed by atoms with E-state index in [4.69, 9.17) is 14.2 Å². The van der Waals surface area contributed by atoms with Crippen LogP contribution in [0.15, 0.2) is 36.4 Å². The standard InChI is InChI=1S/C21H21N3O4S/c1-24(11-18-22-13-7-5-6-8-17(13)29-18)21(25)14-9-12-15(26-2)10-16(27-3)20(28-4)19(12)23-14/h5-10,23H,11H2,1-4H3. The summed E-state index contributed by atoms with van der Waals surface area (Å²) >= 11 is 1.59. The van der Waals surface area contributed by atoms with E-state index in [2.05, 4.69) is 9.97 Å². The molecule has 1 amide bonds. The summed E-state index contributed by atoms with van der Waals surface area (Å²) in [6.45, 7) is 0.422. The van der Waals surface area contributed by atoms with Gasteiger partial charge in [0.25, 0.3) is 5.91 Å². The Bertz CT molecular complexity index is 1160. The Hall–Kier alpha value is -3.26. The van der Waals surface area contributed by atoms with Crippen LogP contribution in [-0.2, 0) is 6.54 Å². The number of ether oxygens (including phenoxy) is 3. The van der Waals surface area contributed by atoms with Crippen LogP contribution in [0.3, 0.4) is 0 Å². The molecule has 0 bridgehead atoms. The molecule has 0 atom stereocenters. The highest BCUT2D eigenvalue weighted by Crippen LogP contribution is 2.41. The number of hydrogen-bond donors (Lipinski definition) is 1. The number of amides is 1. The van der Waals surface area contributed by atoms with Crippen molar-refractivity contribution in [2.24, 2.45) is 0 Å². The normalized spacial score (nSPS) is 11.0. The van der Waals surface area contributed by atoms with Crippen molar-refractivity contribution in [3.05, 3.63) is 47.1 Å². The van der Waals surface area contributed by atoms with Crippen molar-refractivity contribution in [2.75, 3.05) is 28.4 Å². The van der Waals surface area contributed by atoms with Gasteiger partial charge >= 0.3 is 0 Å². The molecule has 7 nitrogen and oxygen atoms in total. The minimum absolute atomic E-state index is 0.150. The second-order valence-electron chi connectivity index (χ2n) is 6.52. The number of hydrogen-bond acceptors (Lipinski definition) is 6. The van der Waals surface area contributed by atoms with Crippen LogP contribution >= 0.6 is 11.3 Å². The third kappa shape index (κ3) is 3.36. The Labute approximate surface area is 171 Å². The number of methoxy groups -OCH3 is 3. The lowest BCUT2D eigenvalue weighted by Crippen LogP contribution is -2.26. The maximum Gasteiger partial charge on any atom is 0.270 e. The predicted octanol–water partition coefficient (Wildman–Crippen LogP) is 4.08. The molecule has 0 unspecified atom stereocenters. The predicted molar refractivity (Wildman–Crippen MR) is 113 cm³/mol. The van der Waals surface area contributed by atoms with E-state index in [1.165, 1.54) is 0 Å². The summed E-state index contributed by atoms with van der Waals surface area (Å²) in [6, 6.07) is 11.5. The lowest BCUT2D eigenvalue weighted by atomic mass is 10.2. The van der Waals surface area contributed by atoms with Gasteiger partial charge in [0, 0.05) is 18.5 Å². The van der Waals surface area contributed by atoms with E-state index < -0.39 is 0 Å². The molecule has 8 heteroatoms. The third-order valence-electron chi connectivity index (χ3n) is 4.73. The van der Waals surface area contributed by atoms with Gasteiger partial charge in [-0.3, -0.25) is 4.79 Å². The summed E-state index contributed by atoms with van der Waals surface area (Å²) in [7, 11) is 6.46. The van der Waals surface area contributed by atoms with Crippen LogP contribution in [0, 0.1) is 0 Å². The molecule has 0 aliphatic carbocycles. The van der Waals surface area contributed by atoms with Gasteiger partial charge in [0.05, 0.1) is 43.6 Å². The van der Waals surface area contributed by atoms with E-state index in [1.807, 2.05) is 24.3 Å². The summed E-state index contributed by atoms with van der Waals surface area (Å²) in [4.78, 5) is 22.5. The average molecular weight is 411 g/mol. The van der Waals surface area contributed by atoms with Crippen molar-refractivity contribution < 1.29 is 19.0 Å². The number of nitrogens with zero attached hydrogens (tertiary/aromatic N) is 2. The number of thiazole rings is 1. The quantitative estimate of drug-likeness (QED) is 0.517. The van der Waals surface area contributed by atoms with E-state index in [9.17, 15) is 4.79 Å². The van der Waals surface area contributed by atoms with Gasteiger partial charge in [-0.2, -0.15) is 0 Å². The Kier molecular flexibility index (Phi) is 5.02. The minimum Gasteiger partial charge on any atom is -0.496 e. The van der Waals surface area contributed by atoms with Crippen LogP contribution in [0.1, 0.15) is 15.5 Å². The fourth-order valence-electron chi connectivity index (χ4n) is 3.32. The zero-order chi connectivity index (χ0) is 20.5. The van der Waals surface area contributed by atoms with Gasteiger partial charge in [0.1, 0.15) is 16.5 Å². The van der Waals surface area contributed by atoms with Crippen LogP contribution in [0.2, 0.25) is 0 Å². The molecule has 0 spiro atoms. The van der Waals surface area contributed by atoms with Gasteiger partial charge < -0.3 is 24.1 Å². The van der Waals surface area contributed by atoms with Gasteiger partial charge in [0.2, 0.25) is 0 Å². The lowest BCUT2D eigenvalue weighted by Gasteiger charge is -2.14. The molecule has 0 radical (unpaired) electrons. The maximum atomic E-state index is 13.0. The first-order valence-corrected chi connectivity index (χ1v) is 9.79. The number of carbonyl (C=O) groups is 1. The van der Waals surface area contributed by atoms with Gasteiger partial charge in [-0.15, -0.1) is 11.3 Å². The van der Waals surface area contributed by atoms with Crippen molar-refractivity contribution in [2.45, 2.75) is 6.54 Å². The number of benzene rings is 2. The molecule has 1 N–H and O–H groups in total. The molecule has 0 saturated carbocycles. The molecule has 0 saturated heterocycles. The fraction of sp³-hybridized carbons (Fsp3) is 0.238. The molecule has 2 aromatic carbocycles. The van der Waals surface area contributed by atoms with Crippen molar-refractivity contribution >= 4 is 38.4 Å². The largest absolute Gasteiger partial charge is 0.496 e. The summed E-state index contributed by atoms with van der Waals surface area (Å²) in [6.07, 6.45) is 0. The summed E-state index contributed by atoms with van der Waals surface area (Å²) in [5.74, 6) is 1.50. The van der Waals surface area contributed by atoms with E-state index in [1.54, 1.807) is 56.7 Å². The van der Waals surface area contributed by atoms with Crippen LogP contribution in [0.5, 0.6) is 17.2 Å². The first kappa shape index (κ1) is 19.1. The highest BCUT2D eigenvalue weighted by Gasteiger charge is 2.21. The number of para-hydroxylation sites is 1. The molecule has 150 valence electrons. The maximum absolute atomic E-state index is 13.0. The topological polar surface area (TPSA) is 76.7 Å². The van der Waals surface area contributed by atoms with Crippen molar-refractivity contribution in [3.63, 3.8) is 0 Å². The van der Waals surface area contributed by atoms with E-state index in [0.29, 0.717) is 35.0 Å². The molecule has 29 heavy (non-hydrogen) atoms. The zero-order valence-corrected chi connectivity index (χ0v) is 17.4. The summed E-state index contributed by atoms with van der Waals surface area (Å²) in [5.41, 5.74) is 2.04. The van der Waals surface area contributed by atoms with Gasteiger partial charge in [0.15, 0.2) is 11.5 Å². The highest BCUT2D eigenvalue weighted by molar-refractivity contribution is 7.18. The van der Waals surface area contributed by atoms with Crippen molar-refractivity contribution in [1.82, 2.24) is 14.9 Å². The first-order valence-electron chi connectivity index (χ1n) is 8.97. The Morgan fingerprint density at radius 1 is 1.10 bits per heavy atom. The van der Waals surface area contributed by atoms with E-state index in [-0.39, 0.29) is 5.91 Å². The molecule has 4 rings (SSSR count).